The minimum Gasteiger partial charge on any atom is -0.455 e. The van der Waals surface area contributed by atoms with Crippen LogP contribution in [0.5, 0.6) is 11.5 Å². The number of benzene rings is 2. The summed E-state index contributed by atoms with van der Waals surface area (Å²) < 4.78 is 6.60. The van der Waals surface area contributed by atoms with Crippen molar-refractivity contribution in [3.8, 4) is 11.5 Å². The van der Waals surface area contributed by atoms with Gasteiger partial charge in [-0.25, -0.2) is 0 Å². The highest BCUT2D eigenvalue weighted by atomic mass is 79.9. The molecular weight excluding hydrogens is 360 g/mol. The summed E-state index contributed by atoms with van der Waals surface area (Å²) in [6, 6.07) is 9.69. The summed E-state index contributed by atoms with van der Waals surface area (Å²) in [5, 5.41) is 14.2. The molecule has 0 aliphatic rings. The number of hydrogen-bond donors (Lipinski definition) is 1. The van der Waals surface area contributed by atoms with E-state index in [1.165, 1.54) is 18.2 Å². The predicted octanol–water partition coefficient (Wildman–Crippen LogP) is 4.52. The summed E-state index contributed by atoms with van der Waals surface area (Å²) in [7, 11) is 1.83. The molecule has 0 unspecified atom stereocenters. The minimum absolute atomic E-state index is 0.0698. The lowest BCUT2D eigenvalue weighted by Crippen LogP contribution is -2.06. The Morgan fingerprint density at radius 1 is 1.29 bits per heavy atom. The molecule has 0 spiro atoms. The zero-order chi connectivity index (χ0) is 15.4. The van der Waals surface area contributed by atoms with Crippen LogP contribution in [-0.4, -0.2) is 12.0 Å². The third kappa shape index (κ3) is 3.93. The molecule has 0 bridgehead atoms. The monoisotopic (exact) mass is 370 g/mol. The van der Waals surface area contributed by atoms with Gasteiger partial charge in [0.15, 0.2) is 5.75 Å². The number of nitro benzene ring substituents is 1. The zero-order valence-electron chi connectivity index (χ0n) is 11.1. The first kappa shape index (κ1) is 15.8. The van der Waals surface area contributed by atoms with E-state index in [1.807, 2.05) is 19.2 Å². The van der Waals surface area contributed by atoms with Crippen LogP contribution in [0, 0.1) is 10.1 Å². The van der Waals surface area contributed by atoms with E-state index in [9.17, 15) is 10.1 Å². The number of nitrogens with zero attached hydrogens (tertiary/aromatic N) is 1. The van der Waals surface area contributed by atoms with E-state index in [1.54, 1.807) is 6.07 Å². The first-order chi connectivity index (χ1) is 10.0. The van der Waals surface area contributed by atoms with Crippen molar-refractivity contribution >= 4 is 33.2 Å². The Morgan fingerprint density at radius 2 is 2.05 bits per heavy atom. The number of ether oxygens (including phenoxy) is 1. The second-order valence-corrected chi connectivity index (χ2v) is 5.58. The number of nitro groups is 1. The van der Waals surface area contributed by atoms with Gasteiger partial charge < -0.3 is 10.1 Å². The molecule has 0 atom stereocenters. The standard InChI is InChI=1S/C14H12BrClN2O3/c1-17-8-9-2-3-10(15)6-13(9)21-14-7-11(18(19)20)4-5-12(14)16/h2-7,17H,8H2,1H3. The predicted molar refractivity (Wildman–Crippen MR) is 85.1 cm³/mol. The Labute approximate surface area is 135 Å². The van der Waals surface area contributed by atoms with Crippen LogP contribution < -0.4 is 10.1 Å². The molecule has 2 rings (SSSR count). The third-order valence-corrected chi connectivity index (χ3v) is 3.55. The van der Waals surface area contributed by atoms with Crippen LogP contribution in [-0.2, 0) is 6.54 Å². The van der Waals surface area contributed by atoms with Gasteiger partial charge in [0.05, 0.1) is 16.0 Å². The highest BCUT2D eigenvalue weighted by molar-refractivity contribution is 9.10. The van der Waals surface area contributed by atoms with Crippen molar-refractivity contribution in [3.05, 3.63) is 61.6 Å². The van der Waals surface area contributed by atoms with Gasteiger partial charge in [-0.15, -0.1) is 0 Å². The summed E-state index contributed by atoms with van der Waals surface area (Å²) >= 11 is 9.42. The lowest BCUT2D eigenvalue weighted by molar-refractivity contribution is -0.384. The Balaban J connectivity index is 2.39. The Hall–Kier alpha value is -1.63. The summed E-state index contributed by atoms with van der Waals surface area (Å²) in [5.41, 5.74) is 0.850. The molecule has 0 saturated heterocycles. The second-order valence-electron chi connectivity index (χ2n) is 4.26. The van der Waals surface area contributed by atoms with Crippen molar-refractivity contribution in [2.24, 2.45) is 0 Å². The normalized spacial score (nSPS) is 10.4. The molecule has 0 aromatic heterocycles. The molecule has 2 aromatic rings. The van der Waals surface area contributed by atoms with E-state index < -0.39 is 4.92 Å². The molecule has 0 aliphatic carbocycles. The van der Waals surface area contributed by atoms with Crippen molar-refractivity contribution in [1.29, 1.82) is 0 Å². The van der Waals surface area contributed by atoms with E-state index in [2.05, 4.69) is 21.2 Å². The molecule has 1 N–H and O–H groups in total. The maximum atomic E-state index is 10.8. The fourth-order valence-corrected chi connectivity index (χ4v) is 2.26. The van der Waals surface area contributed by atoms with Crippen molar-refractivity contribution in [3.63, 3.8) is 0 Å². The first-order valence-corrected chi connectivity index (χ1v) is 7.23. The summed E-state index contributed by atoms with van der Waals surface area (Å²) in [5.74, 6) is 0.836. The first-order valence-electron chi connectivity index (χ1n) is 6.06. The number of halogens is 2. The van der Waals surface area contributed by atoms with Crippen LogP contribution in [0.1, 0.15) is 5.56 Å². The van der Waals surface area contributed by atoms with E-state index in [0.29, 0.717) is 17.3 Å². The lowest BCUT2D eigenvalue weighted by Gasteiger charge is -2.12. The van der Waals surface area contributed by atoms with E-state index in [4.69, 9.17) is 16.3 Å². The van der Waals surface area contributed by atoms with E-state index in [-0.39, 0.29) is 11.4 Å². The summed E-state index contributed by atoms with van der Waals surface area (Å²) in [6.07, 6.45) is 0. The number of hydrogen-bond acceptors (Lipinski definition) is 4. The van der Waals surface area contributed by atoms with Crippen molar-refractivity contribution < 1.29 is 9.66 Å². The summed E-state index contributed by atoms with van der Waals surface area (Å²) in [4.78, 5) is 10.3. The van der Waals surface area contributed by atoms with Crippen LogP contribution >= 0.6 is 27.5 Å². The maximum Gasteiger partial charge on any atom is 0.273 e. The fraction of sp³-hybridized carbons (Fsp3) is 0.143. The van der Waals surface area contributed by atoms with Gasteiger partial charge in [0.2, 0.25) is 0 Å². The van der Waals surface area contributed by atoms with Crippen LogP contribution in [0.25, 0.3) is 0 Å². The second kappa shape index (κ2) is 6.89. The number of rotatable bonds is 5. The highest BCUT2D eigenvalue weighted by Gasteiger charge is 2.13. The van der Waals surface area contributed by atoms with Crippen molar-refractivity contribution in [1.82, 2.24) is 5.32 Å². The lowest BCUT2D eigenvalue weighted by atomic mass is 10.2. The smallest absolute Gasteiger partial charge is 0.273 e. The van der Waals surface area contributed by atoms with Crippen LogP contribution in [0.15, 0.2) is 40.9 Å². The topological polar surface area (TPSA) is 64.4 Å². The van der Waals surface area contributed by atoms with Gasteiger partial charge in [0, 0.05) is 22.6 Å². The minimum atomic E-state index is -0.487. The van der Waals surface area contributed by atoms with Gasteiger partial charge in [0.25, 0.3) is 5.69 Å². The fourth-order valence-electron chi connectivity index (χ4n) is 1.76. The molecule has 110 valence electrons. The van der Waals surface area contributed by atoms with Crippen molar-refractivity contribution in [2.75, 3.05) is 7.05 Å². The van der Waals surface area contributed by atoms with Gasteiger partial charge in [0.1, 0.15) is 5.75 Å². The Morgan fingerprint density at radius 3 is 2.71 bits per heavy atom. The molecule has 2 aromatic carbocycles. The molecule has 7 heteroatoms. The molecule has 5 nitrogen and oxygen atoms in total. The largest absolute Gasteiger partial charge is 0.455 e. The number of nitrogens with one attached hydrogen (secondary N) is 1. The average molecular weight is 372 g/mol. The Kier molecular flexibility index (Phi) is 5.17. The van der Waals surface area contributed by atoms with E-state index in [0.717, 1.165) is 10.0 Å². The average Bonchev–Trinajstić information content (AvgIpc) is 2.44. The SMILES string of the molecule is CNCc1ccc(Br)cc1Oc1cc([N+](=O)[O-])ccc1Cl. The molecule has 0 heterocycles. The van der Waals surface area contributed by atoms with Gasteiger partial charge in [-0.3, -0.25) is 10.1 Å². The summed E-state index contributed by atoms with van der Waals surface area (Å²) in [6.45, 7) is 0.606. The maximum absolute atomic E-state index is 10.8. The number of non-ortho nitro benzene ring substituents is 1. The highest BCUT2D eigenvalue weighted by Crippen LogP contribution is 2.35. The van der Waals surface area contributed by atoms with Gasteiger partial charge in [-0.05, 0) is 25.2 Å². The van der Waals surface area contributed by atoms with Crippen LogP contribution in [0.4, 0.5) is 5.69 Å². The molecule has 0 amide bonds. The molecule has 0 aliphatic heterocycles. The molecule has 21 heavy (non-hydrogen) atoms. The van der Waals surface area contributed by atoms with Gasteiger partial charge in [-0.1, -0.05) is 33.6 Å². The zero-order valence-corrected chi connectivity index (χ0v) is 13.4. The molecular formula is C14H12BrClN2O3. The quantitative estimate of drug-likeness (QED) is 0.620. The molecule has 0 radical (unpaired) electrons. The van der Waals surface area contributed by atoms with Crippen molar-refractivity contribution in [2.45, 2.75) is 6.54 Å². The van der Waals surface area contributed by atoms with Crippen LogP contribution in [0.2, 0.25) is 5.02 Å². The Bertz CT molecular complexity index is 679. The third-order valence-electron chi connectivity index (χ3n) is 2.74. The van der Waals surface area contributed by atoms with E-state index >= 15 is 0 Å². The molecule has 0 fully saturated rings. The van der Waals surface area contributed by atoms with Gasteiger partial charge >= 0.3 is 0 Å². The molecule has 0 saturated carbocycles. The van der Waals surface area contributed by atoms with Crippen LogP contribution in [0.3, 0.4) is 0 Å². The van der Waals surface area contributed by atoms with Gasteiger partial charge in [-0.2, -0.15) is 0 Å².